The fourth-order valence-corrected chi connectivity index (χ4v) is 2.92. The first kappa shape index (κ1) is 16.8. The number of thioether (sulfide) groups is 1. The van der Waals surface area contributed by atoms with E-state index in [0.717, 1.165) is 12.1 Å². The van der Waals surface area contributed by atoms with Crippen LogP contribution in [0.3, 0.4) is 0 Å². The van der Waals surface area contributed by atoms with Crippen LogP contribution in [0.15, 0.2) is 47.8 Å². The number of carbonyl (C=O) groups is 1. The Labute approximate surface area is 145 Å². The van der Waals surface area contributed by atoms with Crippen molar-refractivity contribution in [3.05, 3.63) is 58.5 Å². The summed E-state index contributed by atoms with van der Waals surface area (Å²) in [5, 5.41) is 21.3. The third kappa shape index (κ3) is 3.58. The Morgan fingerprint density at radius 3 is 2.92 bits per heavy atom. The first-order valence-electron chi connectivity index (χ1n) is 7.17. The summed E-state index contributed by atoms with van der Waals surface area (Å²) in [4.78, 5) is 22.2. The fourth-order valence-electron chi connectivity index (χ4n) is 2.09. The minimum Gasteiger partial charge on any atom is -0.325 e. The van der Waals surface area contributed by atoms with Crippen LogP contribution in [-0.4, -0.2) is 30.7 Å². The van der Waals surface area contributed by atoms with E-state index in [-0.39, 0.29) is 5.69 Å². The molecule has 0 aliphatic carbocycles. The first-order valence-corrected chi connectivity index (χ1v) is 8.05. The quantitative estimate of drug-likeness (QED) is 0.426. The molecule has 3 rings (SSSR count). The lowest BCUT2D eigenvalue weighted by atomic mass is 10.2. The standard InChI is InChI=1S/C15H12FN5O3S/c1-9(25-15-19-18-13-4-2-3-7-20(13)15)14(22)17-10-5-6-11(16)12(8-10)21(23)24/h2-9H,1H3,(H,17,22)/t9-/m1/s1. The summed E-state index contributed by atoms with van der Waals surface area (Å²) >= 11 is 1.19. The highest BCUT2D eigenvalue weighted by atomic mass is 32.2. The zero-order valence-electron chi connectivity index (χ0n) is 12.9. The van der Waals surface area contributed by atoms with Crippen molar-refractivity contribution >= 4 is 34.7 Å². The van der Waals surface area contributed by atoms with E-state index in [0.29, 0.717) is 10.8 Å². The number of pyridine rings is 1. The molecule has 8 nitrogen and oxygen atoms in total. The third-order valence-electron chi connectivity index (χ3n) is 3.34. The Morgan fingerprint density at radius 1 is 1.36 bits per heavy atom. The number of hydrogen-bond donors (Lipinski definition) is 1. The molecule has 0 fully saturated rings. The first-order chi connectivity index (χ1) is 12.0. The van der Waals surface area contributed by atoms with Crippen LogP contribution < -0.4 is 5.32 Å². The van der Waals surface area contributed by atoms with Crippen molar-refractivity contribution in [3.63, 3.8) is 0 Å². The number of nitrogens with one attached hydrogen (secondary N) is 1. The van der Waals surface area contributed by atoms with E-state index in [1.807, 2.05) is 12.1 Å². The van der Waals surface area contributed by atoms with Crippen LogP contribution in [0.4, 0.5) is 15.8 Å². The predicted octanol–water partition coefficient (Wildman–Crippen LogP) is 2.90. The van der Waals surface area contributed by atoms with E-state index in [9.17, 15) is 19.3 Å². The summed E-state index contributed by atoms with van der Waals surface area (Å²) in [6.07, 6.45) is 1.78. The van der Waals surface area contributed by atoms with Gasteiger partial charge < -0.3 is 5.32 Å². The van der Waals surface area contributed by atoms with Crippen LogP contribution in [0.2, 0.25) is 0 Å². The van der Waals surface area contributed by atoms with Crippen LogP contribution in [0.1, 0.15) is 6.92 Å². The maximum atomic E-state index is 13.3. The van der Waals surface area contributed by atoms with E-state index in [2.05, 4.69) is 15.5 Å². The highest BCUT2D eigenvalue weighted by Crippen LogP contribution is 2.25. The Balaban J connectivity index is 1.73. The molecule has 10 heteroatoms. The average Bonchev–Trinajstić information content (AvgIpc) is 2.99. The summed E-state index contributed by atoms with van der Waals surface area (Å²) in [6, 6.07) is 8.64. The van der Waals surface area contributed by atoms with Gasteiger partial charge in [-0.05, 0) is 31.2 Å². The van der Waals surface area contributed by atoms with Gasteiger partial charge in [-0.1, -0.05) is 17.8 Å². The lowest BCUT2D eigenvalue weighted by molar-refractivity contribution is -0.387. The van der Waals surface area contributed by atoms with Gasteiger partial charge in [0.05, 0.1) is 10.2 Å². The smallest absolute Gasteiger partial charge is 0.306 e. The predicted molar refractivity (Wildman–Crippen MR) is 90.0 cm³/mol. The van der Waals surface area contributed by atoms with Gasteiger partial charge in [0.2, 0.25) is 11.7 Å². The van der Waals surface area contributed by atoms with Gasteiger partial charge in [-0.15, -0.1) is 10.2 Å². The molecule has 2 heterocycles. The number of halogens is 1. The Hall–Kier alpha value is -3.01. The van der Waals surface area contributed by atoms with E-state index in [4.69, 9.17) is 0 Å². The largest absolute Gasteiger partial charge is 0.325 e. The van der Waals surface area contributed by atoms with Crippen molar-refractivity contribution in [2.45, 2.75) is 17.3 Å². The van der Waals surface area contributed by atoms with Crippen LogP contribution in [0, 0.1) is 15.9 Å². The lowest BCUT2D eigenvalue weighted by Crippen LogP contribution is -2.22. The summed E-state index contributed by atoms with van der Waals surface area (Å²) in [5.74, 6) is -1.35. The topological polar surface area (TPSA) is 102 Å². The number of fused-ring (bicyclic) bond motifs is 1. The number of benzene rings is 1. The number of nitrogens with zero attached hydrogens (tertiary/aromatic N) is 4. The molecule has 0 aliphatic rings. The zero-order valence-corrected chi connectivity index (χ0v) is 13.7. The molecule has 3 aromatic rings. The monoisotopic (exact) mass is 361 g/mol. The molecule has 1 atom stereocenters. The lowest BCUT2D eigenvalue weighted by Gasteiger charge is -2.11. The second kappa shape index (κ2) is 6.85. The molecule has 0 radical (unpaired) electrons. The maximum absolute atomic E-state index is 13.3. The number of rotatable bonds is 5. The summed E-state index contributed by atoms with van der Waals surface area (Å²) < 4.78 is 15.1. The number of nitro groups is 1. The molecule has 25 heavy (non-hydrogen) atoms. The van der Waals surface area contributed by atoms with Gasteiger partial charge in [-0.25, -0.2) is 0 Å². The van der Waals surface area contributed by atoms with Gasteiger partial charge in [-0.2, -0.15) is 4.39 Å². The second-order valence-electron chi connectivity index (χ2n) is 5.08. The van der Waals surface area contributed by atoms with E-state index in [1.165, 1.54) is 17.8 Å². The number of carbonyl (C=O) groups excluding carboxylic acids is 1. The van der Waals surface area contributed by atoms with Crippen molar-refractivity contribution in [2.24, 2.45) is 0 Å². The number of hydrogen-bond acceptors (Lipinski definition) is 6. The summed E-state index contributed by atoms with van der Waals surface area (Å²) in [7, 11) is 0. The highest BCUT2D eigenvalue weighted by molar-refractivity contribution is 8.00. The minimum absolute atomic E-state index is 0.150. The van der Waals surface area contributed by atoms with Crippen molar-refractivity contribution < 1.29 is 14.1 Å². The average molecular weight is 361 g/mol. The third-order valence-corrected chi connectivity index (χ3v) is 4.40. The Bertz CT molecular complexity index is 961. The molecule has 0 bridgehead atoms. The van der Waals surface area contributed by atoms with Crippen LogP contribution in [0.25, 0.3) is 5.65 Å². The fraction of sp³-hybridized carbons (Fsp3) is 0.133. The van der Waals surface area contributed by atoms with Gasteiger partial charge in [0.1, 0.15) is 0 Å². The maximum Gasteiger partial charge on any atom is 0.306 e. The molecule has 0 aliphatic heterocycles. The second-order valence-corrected chi connectivity index (χ2v) is 6.39. The molecule has 0 unspecified atom stereocenters. The highest BCUT2D eigenvalue weighted by Gasteiger charge is 2.20. The molecule has 1 aromatic carbocycles. The van der Waals surface area contributed by atoms with Crippen molar-refractivity contribution in [1.82, 2.24) is 14.6 Å². The number of amides is 1. The molecule has 128 valence electrons. The van der Waals surface area contributed by atoms with Crippen molar-refractivity contribution in [2.75, 3.05) is 5.32 Å². The summed E-state index contributed by atoms with van der Waals surface area (Å²) in [5.41, 5.74) is 0.116. The summed E-state index contributed by atoms with van der Waals surface area (Å²) in [6.45, 7) is 1.67. The minimum atomic E-state index is -0.958. The molecule has 0 spiro atoms. The van der Waals surface area contributed by atoms with Gasteiger partial charge in [-0.3, -0.25) is 19.3 Å². The van der Waals surface area contributed by atoms with Crippen molar-refractivity contribution in [1.29, 1.82) is 0 Å². The molecule has 2 aromatic heterocycles. The van der Waals surface area contributed by atoms with Gasteiger partial charge in [0.15, 0.2) is 10.8 Å². The number of nitro benzene ring substituents is 1. The van der Waals surface area contributed by atoms with Crippen molar-refractivity contribution in [3.8, 4) is 0 Å². The van der Waals surface area contributed by atoms with E-state index in [1.54, 1.807) is 23.6 Å². The van der Waals surface area contributed by atoms with E-state index >= 15 is 0 Å². The molecule has 1 amide bonds. The van der Waals surface area contributed by atoms with Gasteiger partial charge in [0, 0.05) is 18.0 Å². The Kier molecular flexibility index (Phi) is 4.61. The SMILES string of the molecule is C[C@@H](Sc1nnc2ccccn12)C(=O)Nc1ccc(F)c([N+](=O)[O-])c1. The number of aromatic nitrogens is 3. The van der Waals surface area contributed by atoms with Crippen LogP contribution >= 0.6 is 11.8 Å². The van der Waals surface area contributed by atoms with E-state index < -0.39 is 27.6 Å². The molecular weight excluding hydrogens is 349 g/mol. The number of anilines is 1. The molecule has 1 N–H and O–H groups in total. The van der Waals surface area contributed by atoms with Gasteiger partial charge in [0.25, 0.3) is 0 Å². The molecular formula is C15H12FN5O3S. The zero-order chi connectivity index (χ0) is 18.0. The normalized spacial score (nSPS) is 12.1. The van der Waals surface area contributed by atoms with Gasteiger partial charge >= 0.3 is 5.69 Å². The Morgan fingerprint density at radius 2 is 2.16 bits per heavy atom. The van der Waals surface area contributed by atoms with Crippen LogP contribution in [0.5, 0.6) is 0 Å². The van der Waals surface area contributed by atoms with Crippen LogP contribution in [-0.2, 0) is 4.79 Å². The molecule has 0 saturated carbocycles. The molecule has 0 saturated heterocycles.